The van der Waals surface area contributed by atoms with Crippen molar-refractivity contribution in [3.8, 4) is 0 Å². The highest BCUT2D eigenvalue weighted by molar-refractivity contribution is 7.14. The van der Waals surface area contributed by atoms with E-state index < -0.39 is 12.0 Å². The number of carbonyl (C=O) groups excluding carboxylic acids is 1. The van der Waals surface area contributed by atoms with Crippen molar-refractivity contribution in [1.82, 2.24) is 4.98 Å². The lowest BCUT2D eigenvalue weighted by Gasteiger charge is -2.17. The van der Waals surface area contributed by atoms with Crippen LogP contribution in [0.5, 0.6) is 0 Å². The van der Waals surface area contributed by atoms with Gasteiger partial charge in [0.1, 0.15) is 5.00 Å². The maximum atomic E-state index is 12.0. The van der Waals surface area contributed by atoms with Gasteiger partial charge in [-0.1, -0.05) is 0 Å². The Morgan fingerprint density at radius 3 is 2.71 bits per heavy atom. The van der Waals surface area contributed by atoms with Crippen LogP contribution in [0.1, 0.15) is 10.4 Å². The second kappa shape index (κ2) is 6.23. The first-order valence-electron chi connectivity index (χ1n) is 5.99. The molecule has 0 aromatic carbocycles. The molecule has 0 atom stereocenters. The topological polar surface area (TPSA) is 94.6 Å². The third-order valence-corrected chi connectivity index (χ3v) is 3.48. The quantitative estimate of drug-likeness (QED) is 0.807. The van der Waals surface area contributed by atoms with Crippen LogP contribution in [0.3, 0.4) is 0 Å². The Balaban J connectivity index is 2.12. The fraction of sp³-hybridized carbons (Fsp3) is 0.154. The molecule has 2 aromatic heterocycles. The fourth-order valence-electron chi connectivity index (χ4n) is 1.70. The number of aromatic carboxylic acids is 1. The van der Waals surface area contributed by atoms with Crippen molar-refractivity contribution in [3.05, 3.63) is 35.5 Å². The molecule has 0 spiro atoms. The number of aromatic nitrogens is 1. The third kappa shape index (κ3) is 3.48. The van der Waals surface area contributed by atoms with Gasteiger partial charge in [0.15, 0.2) is 0 Å². The van der Waals surface area contributed by atoms with Crippen LogP contribution in [0, 0.1) is 0 Å². The van der Waals surface area contributed by atoms with Crippen molar-refractivity contribution < 1.29 is 14.7 Å². The van der Waals surface area contributed by atoms with Gasteiger partial charge in [-0.05, 0) is 17.5 Å². The average molecular weight is 306 g/mol. The Labute approximate surface area is 125 Å². The predicted molar refractivity (Wildman–Crippen MR) is 82.5 cm³/mol. The van der Waals surface area contributed by atoms with E-state index in [-0.39, 0.29) is 10.6 Å². The van der Waals surface area contributed by atoms with Crippen LogP contribution in [0.15, 0.2) is 29.9 Å². The Bertz CT molecular complexity index is 669. The molecule has 0 aliphatic heterocycles. The second-order valence-electron chi connectivity index (χ2n) is 4.33. The van der Waals surface area contributed by atoms with E-state index in [1.54, 1.807) is 17.6 Å². The van der Waals surface area contributed by atoms with Crippen molar-refractivity contribution in [3.63, 3.8) is 0 Å². The molecule has 0 radical (unpaired) electrons. The second-order valence-corrected chi connectivity index (χ2v) is 5.25. The number of carbonyl (C=O) groups is 2. The summed E-state index contributed by atoms with van der Waals surface area (Å²) in [6.07, 6.45) is 3.15. The van der Waals surface area contributed by atoms with Crippen molar-refractivity contribution in [1.29, 1.82) is 0 Å². The number of nitrogens with zero attached hydrogens (tertiary/aromatic N) is 2. The summed E-state index contributed by atoms with van der Waals surface area (Å²) >= 11 is 1.15. The largest absolute Gasteiger partial charge is 0.478 e. The normalized spacial score (nSPS) is 10.0. The Morgan fingerprint density at radius 2 is 2.05 bits per heavy atom. The van der Waals surface area contributed by atoms with E-state index in [0.29, 0.717) is 5.69 Å². The van der Waals surface area contributed by atoms with Crippen molar-refractivity contribution >= 4 is 39.7 Å². The van der Waals surface area contributed by atoms with E-state index in [1.165, 1.54) is 12.3 Å². The van der Waals surface area contributed by atoms with Gasteiger partial charge in [0, 0.05) is 20.3 Å². The number of pyridine rings is 1. The van der Waals surface area contributed by atoms with Gasteiger partial charge in [-0.25, -0.2) is 9.59 Å². The minimum atomic E-state index is -1.08. The molecule has 2 aromatic rings. The third-order valence-electron chi connectivity index (χ3n) is 2.65. The minimum absolute atomic E-state index is 0.0640. The molecule has 0 saturated heterocycles. The number of anilines is 3. The number of hydrogen-bond donors (Lipinski definition) is 3. The highest BCUT2D eigenvalue weighted by Gasteiger charge is 2.15. The fourth-order valence-corrected chi connectivity index (χ4v) is 2.48. The van der Waals surface area contributed by atoms with Gasteiger partial charge in [-0.15, -0.1) is 11.3 Å². The molecule has 0 aliphatic carbocycles. The zero-order valence-electron chi connectivity index (χ0n) is 11.5. The SMILES string of the molecule is CN(C)c1ccncc1NC(=O)Nc1sccc1C(=O)O. The van der Waals surface area contributed by atoms with Crippen molar-refractivity contribution in [2.45, 2.75) is 0 Å². The molecule has 2 heterocycles. The number of nitrogens with one attached hydrogen (secondary N) is 2. The number of thiophene rings is 1. The maximum Gasteiger partial charge on any atom is 0.338 e. The van der Waals surface area contributed by atoms with Crippen LogP contribution < -0.4 is 15.5 Å². The van der Waals surface area contributed by atoms with Crippen LogP contribution in [0.4, 0.5) is 21.2 Å². The predicted octanol–water partition coefficient (Wildman–Crippen LogP) is 2.55. The number of urea groups is 1. The molecule has 21 heavy (non-hydrogen) atoms. The highest BCUT2D eigenvalue weighted by Crippen LogP contribution is 2.25. The molecule has 0 fully saturated rings. The molecule has 7 nitrogen and oxygen atoms in total. The van der Waals surface area contributed by atoms with Gasteiger partial charge in [0.05, 0.1) is 23.1 Å². The smallest absolute Gasteiger partial charge is 0.338 e. The first kappa shape index (κ1) is 14.8. The monoisotopic (exact) mass is 306 g/mol. The summed E-state index contributed by atoms with van der Waals surface area (Å²) in [5.41, 5.74) is 1.40. The first-order valence-corrected chi connectivity index (χ1v) is 6.87. The van der Waals surface area contributed by atoms with Crippen molar-refractivity contribution in [2.24, 2.45) is 0 Å². The average Bonchev–Trinajstić information content (AvgIpc) is 2.87. The number of rotatable bonds is 4. The molecule has 0 aliphatic rings. The van der Waals surface area contributed by atoms with E-state index in [0.717, 1.165) is 17.0 Å². The van der Waals surface area contributed by atoms with Crippen LogP contribution in [0.25, 0.3) is 0 Å². The van der Waals surface area contributed by atoms with Gasteiger partial charge in [0.25, 0.3) is 0 Å². The molecular weight excluding hydrogens is 292 g/mol. The van der Waals surface area contributed by atoms with Gasteiger partial charge in [0.2, 0.25) is 0 Å². The van der Waals surface area contributed by atoms with Crippen LogP contribution >= 0.6 is 11.3 Å². The number of hydrogen-bond acceptors (Lipinski definition) is 5. The van der Waals surface area contributed by atoms with Crippen molar-refractivity contribution in [2.75, 3.05) is 29.6 Å². The summed E-state index contributed by atoms with van der Waals surface area (Å²) in [7, 11) is 3.69. The summed E-state index contributed by atoms with van der Waals surface area (Å²) in [6.45, 7) is 0. The molecule has 2 amide bonds. The zero-order valence-corrected chi connectivity index (χ0v) is 12.3. The molecule has 0 bridgehead atoms. The molecule has 8 heteroatoms. The maximum absolute atomic E-state index is 12.0. The summed E-state index contributed by atoms with van der Waals surface area (Å²) < 4.78 is 0. The first-order chi connectivity index (χ1) is 9.99. The van der Waals surface area contributed by atoms with Gasteiger partial charge < -0.3 is 15.3 Å². The summed E-state index contributed by atoms with van der Waals surface area (Å²) in [6, 6.07) is 2.69. The summed E-state index contributed by atoms with van der Waals surface area (Å²) in [4.78, 5) is 28.8. The van der Waals surface area contributed by atoms with Gasteiger partial charge >= 0.3 is 12.0 Å². The number of carboxylic acid groups (broad SMARTS) is 1. The lowest BCUT2D eigenvalue weighted by molar-refractivity contribution is 0.0698. The summed E-state index contributed by atoms with van der Waals surface area (Å²) in [5.74, 6) is -1.08. The highest BCUT2D eigenvalue weighted by atomic mass is 32.1. The van der Waals surface area contributed by atoms with E-state index in [1.807, 2.05) is 19.0 Å². The molecule has 110 valence electrons. The molecular formula is C13H14N4O3S. The molecule has 0 unspecified atom stereocenters. The van der Waals surface area contributed by atoms with Crippen LogP contribution in [0.2, 0.25) is 0 Å². The van der Waals surface area contributed by atoms with E-state index >= 15 is 0 Å². The molecule has 2 rings (SSSR count). The van der Waals surface area contributed by atoms with Crippen LogP contribution in [-0.4, -0.2) is 36.2 Å². The Kier molecular flexibility index (Phi) is 4.39. The lowest BCUT2D eigenvalue weighted by Crippen LogP contribution is -2.22. The van der Waals surface area contributed by atoms with Gasteiger partial charge in [-0.3, -0.25) is 10.3 Å². The molecule has 0 saturated carbocycles. The van der Waals surface area contributed by atoms with E-state index in [4.69, 9.17) is 5.11 Å². The summed E-state index contributed by atoms with van der Waals surface area (Å²) in [5, 5.41) is 16.1. The Morgan fingerprint density at radius 1 is 1.29 bits per heavy atom. The zero-order chi connectivity index (χ0) is 15.4. The Hall–Kier alpha value is -2.61. The standard InChI is InChI=1S/C13H14N4O3S/c1-17(2)10-3-5-14-7-9(10)15-13(20)16-11-8(12(18)19)4-6-21-11/h3-7H,1-2H3,(H,18,19)(H2,15,16,20). The number of carboxylic acids is 1. The van der Waals surface area contributed by atoms with E-state index in [2.05, 4.69) is 15.6 Å². The van der Waals surface area contributed by atoms with Gasteiger partial charge in [-0.2, -0.15) is 0 Å². The molecule has 3 N–H and O–H groups in total. The van der Waals surface area contributed by atoms with E-state index in [9.17, 15) is 9.59 Å². The van der Waals surface area contributed by atoms with Crippen LogP contribution in [-0.2, 0) is 0 Å². The number of amides is 2. The minimum Gasteiger partial charge on any atom is -0.478 e. The lowest BCUT2D eigenvalue weighted by atomic mass is 10.3.